The van der Waals surface area contributed by atoms with Gasteiger partial charge in [0.05, 0.1) is 18.0 Å². The standard InChI is InChI=1S/C12H19ClN2O/c1-9(8-16-4)14-11-7-10(13)5-6-12(11)15(2)3/h5-7,9,14H,8H2,1-4H3. The number of ether oxygens (including phenoxy) is 1. The van der Waals surface area contributed by atoms with Crippen molar-refractivity contribution in [2.75, 3.05) is 38.0 Å². The van der Waals surface area contributed by atoms with E-state index in [9.17, 15) is 0 Å². The summed E-state index contributed by atoms with van der Waals surface area (Å²) in [6.45, 7) is 2.74. The summed E-state index contributed by atoms with van der Waals surface area (Å²) >= 11 is 5.99. The molecule has 1 unspecified atom stereocenters. The second kappa shape index (κ2) is 5.97. The smallest absolute Gasteiger partial charge is 0.0661 e. The van der Waals surface area contributed by atoms with Crippen LogP contribution in [-0.4, -0.2) is 33.9 Å². The normalized spacial score (nSPS) is 12.3. The van der Waals surface area contributed by atoms with Gasteiger partial charge in [0.15, 0.2) is 0 Å². The predicted molar refractivity (Wildman–Crippen MR) is 70.7 cm³/mol. The average Bonchev–Trinajstić information content (AvgIpc) is 2.17. The molecule has 0 spiro atoms. The lowest BCUT2D eigenvalue weighted by Gasteiger charge is -2.21. The van der Waals surface area contributed by atoms with Crippen LogP contribution < -0.4 is 10.2 Å². The maximum Gasteiger partial charge on any atom is 0.0661 e. The fraction of sp³-hybridized carbons (Fsp3) is 0.500. The van der Waals surface area contributed by atoms with Crippen molar-refractivity contribution in [3.63, 3.8) is 0 Å². The highest BCUT2D eigenvalue weighted by Crippen LogP contribution is 2.28. The molecule has 1 rings (SSSR count). The SMILES string of the molecule is COCC(C)Nc1cc(Cl)ccc1N(C)C. The van der Waals surface area contributed by atoms with Crippen molar-refractivity contribution < 1.29 is 4.74 Å². The summed E-state index contributed by atoms with van der Waals surface area (Å²) < 4.78 is 5.10. The highest BCUT2D eigenvalue weighted by molar-refractivity contribution is 6.31. The first kappa shape index (κ1) is 13.1. The Kier molecular flexibility index (Phi) is 4.90. The van der Waals surface area contributed by atoms with Gasteiger partial charge in [-0.1, -0.05) is 11.6 Å². The summed E-state index contributed by atoms with van der Waals surface area (Å²) in [7, 11) is 5.72. The van der Waals surface area contributed by atoms with Crippen molar-refractivity contribution in [1.29, 1.82) is 0 Å². The highest BCUT2D eigenvalue weighted by atomic mass is 35.5. The molecular weight excluding hydrogens is 224 g/mol. The Morgan fingerprint density at radius 2 is 2.12 bits per heavy atom. The van der Waals surface area contributed by atoms with Crippen molar-refractivity contribution in [2.24, 2.45) is 0 Å². The Labute approximate surface area is 102 Å². The molecule has 0 aliphatic carbocycles. The van der Waals surface area contributed by atoms with Gasteiger partial charge in [-0.3, -0.25) is 0 Å². The van der Waals surface area contributed by atoms with E-state index in [0.717, 1.165) is 16.4 Å². The Balaban J connectivity index is 2.87. The minimum Gasteiger partial charge on any atom is -0.383 e. The minimum atomic E-state index is 0.252. The van der Waals surface area contributed by atoms with Crippen molar-refractivity contribution >= 4 is 23.0 Å². The summed E-state index contributed by atoms with van der Waals surface area (Å²) in [5.74, 6) is 0. The zero-order chi connectivity index (χ0) is 12.1. The van der Waals surface area contributed by atoms with E-state index in [1.54, 1.807) is 7.11 Å². The van der Waals surface area contributed by atoms with Gasteiger partial charge in [0.25, 0.3) is 0 Å². The second-order valence-electron chi connectivity index (χ2n) is 4.06. The summed E-state index contributed by atoms with van der Waals surface area (Å²) in [6.07, 6.45) is 0. The largest absolute Gasteiger partial charge is 0.383 e. The van der Waals surface area contributed by atoms with E-state index in [0.29, 0.717) is 6.61 Å². The number of nitrogens with zero attached hydrogens (tertiary/aromatic N) is 1. The second-order valence-corrected chi connectivity index (χ2v) is 4.49. The van der Waals surface area contributed by atoms with Gasteiger partial charge in [0.2, 0.25) is 0 Å². The third kappa shape index (κ3) is 3.58. The number of rotatable bonds is 5. The summed E-state index contributed by atoms with van der Waals surface area (Å²) in [4.78, 5) is 2.05. The Bertz CT molecular complexity index is 342. The van der Waals surface area contributed by atoms with E-state index in [1.165, 1.54) is 0 Å². The van der Waals surface area contributed by atoms with Gasteiger partial charge in [-0.2, -0.15) is 0 Å². The highest BCUT2D eigenvalue weighted by Gasteiger charge is 2.08. The minimum absolute atomic E-state index is 0.252. The summed E-state index contributed by atoms with van der Waals surface area (Å²) in [5, 5.41) is 4.12. The molecule has 4 heteroatoms. The topological polar surface area (TPSA) is 24.5 Å². The zero-order valence-corrected chi connectivity index (χ0v) is 11.0. The average molecular weight is 243 g/mol. The molecule has 1 N–H and O–H groups in total. The molecule has 0 radical (unpaired) electrons. The van der Waals surface area contributed by atoms with Gasteiger partial charge in [-0.05, 0) is 25.1 Å². The molecule has 0 saturated carbocycles. The lowest BCUT2D eigenvalue weighted by Crippen LogP contribution is -2.22. The molecule has 0 fully saturated rings. The third-order valence-corrected chi connectivity index (χ3v) is 2.49. The maximum atomic E-state index is 5.99. The summed E-state index contributed by atoms with van der Waals surface area (Å²) in [6, 6.07) is 6.08. The first-order valence-corrected chi connectivity index (χ1v) is 5.64. The molecule has 0 aliphatic rings. The van der Waals surface area contributed by atoms with Crippen LogP contribution >= 0.6 is 11.6 Å². The molecule has 3 nitrogen and oxygen atoms in total. The molecule has 0 amide bonds. The Morgan fingerprint density at radius 1 is 1.44 bits per heavy atom. The lowest BCUT2D eigenvalue weighted by molar-refractivity contribution is 0.190. The van der Waals surface area contributed by atoms with Crippen LogP contribution in [0.5, 0.6) is 0 Å². The number of anilines is 2. The molecule has 0 aromatic heterocycles. The van der Waals surface area contributed by atoms with Crippen molar-refractivity contribution in [3.8, 4) is 0 Å². The Hall–Kier alpha value is -0.930. The molecule has 1 aromatic carbocycles. The van der Waals surface area contributed by atoms with Crippen molar-refractivity contribution in [1.82, 2.24) is 0 Å². The summed E-state index contributed by atoms with van der Waals surface area (Å²) in [5.41, 5.74) is 2.15. The van der Waals surface area contributed by atoms with E-state index in [4.69, 9.17) is 16.3 Å². The zero-order valence-electron chi connectivity index (χ0n) is 10.2. The molecule has 0 heterocycles. The van der Waals surface area contributed by atoms with Crippen molar-refractivity contribution in [3.05, 3.63) is 23.2 Å². The van der Waals surface area contributed by atoms with Crippen LogP contribution in [0.3, 0.4) is 0 Å². The van der Waals surface area contributed by atoms with E-state index in [-0.39, 0.29) is 6.04 Å². The number of hydrogen-bond donors (Lipinski definition) is 1. The Morgan fingerprint density at radius 3 is 2.69 bits per heavy atom. The number of halogens is 1. The first-order chi connectivity index (χ1) is 7.54. The molecule has 90 valence electrons. The van der Waals surface area contributed by atoms with Gasteiger partial charge in [-0.15, -0.1) is 0 Å². The quantitative estimate of drug-likeness (QED) is 0.860. The van der Waals surface area contributed by atoms with Gasteiger partial charge in [0, 0.05) is 32.3 Å². The van der Waals surface area contributed by atoms with Crippen LogP contribution in [0.1, 0.15) is 6.92 Å². The molecule has 0 aliphatic heterocycles. The molecule has 0 saturated heterocycles. The van der Waals surface area contributed by atoms with Crippen LogP contribution in [0.2, 0.25) is 5.02 Å². The van der Waals surface area contributed by atoms with Gasteiger partial charge >= 0.3 is 0 Å². The van der Waals surface area contributed by atoms with E-state index < -0.39 is 0 Å². The van der Waals surface area contributed by atoms with Crippen molar-refractivity contribution in [2.45, 2.75) is 13.0 Å². The van der Waals surface area contributed by atoms with Crippen LogP contribution in [0.25, 0.3) is 0 Å². The van der Waals surface area contributed by atoms with Gasteiger partial charge < -0.3 is 15.0 Å². The number of nitrogens with one attached hydrogen (secondary N) is 1. The van der Waals surface area contributed by atoms with E-state index in [1.807, 2.05) is 32.3 Å². The van der Waals surface area contributed by atoms with Gasteiger partial charge in [0.1, 0.15) is 0 Å². The molecular formula is C12H19ClN2O. The first-order valence-electron chi connectivity index (χ1n) is 5.27. The molecule has 16 heavy (non-hydrogen) atoms. The molecule has 0 bridgehead atoms. The number of hydrogen-bond acceptors (Lipinski definition) is 3. The van der Waals surface area contributed by atoms with Crippen LogP contribution in [-0.2, 0) is 4.74 Å². The lowest BCUT2D eigenvalue weighted by atomic mass is 10.2. The maximum absolute atomic E-state index is 5.99. The number of methoxy groups -OCH3 is 1. The van der Waals surface area contributed by atoms with Crippen LogP contribution in [0, 0.1) is 0 Å². The predicted octanol–water partition coefficient (Wildman–Crippen LogP) is 2.85. The fourth-order valence-corrected chi connectivity index (χ4v) is 1.74. The van der Waals surface area contributed by atoms with E-state index >= 15 is 0 Å². The number of benzene rings is 1. The molecule has 1 atom stereocenters. The fourth-order valence-electron chi connectivity index (χ4n) is 1.57. The van der Waals surface area contributed by atoms with Crippen LogP contribution in [0.4, 0.5) is 11.4 Å². The third-order valence-electron chi connectivity index (χ3n) is 2.26. The molecule has 1 aromatic rings. The van der Waals surface area contributed by atoms with Crippen LogP contribution in [0.15, 0.2) is 18.2 Å². The van der Waals surface area contributed by atoms with Gasteiger partial charge in [-0.25, -0.2) is 0 Å². The van der Waals surface area contributed by atoms with E-state index in [2.05, 4.69) is 17.1 Å². The monoisotopic (exact) mass is 242 g/mol.